The summed E-state index contributed by atoms with van der Waals surface area (Å²) in [5, 5.41) is 7.97. The van der Waals surface area contributed by atoms with Crippen LogP contribution in [0, 0.1) is 0 Å². The summed E-state index contributed by atoms with van der Waals surface area (Å²) in [6.45, 7) is 0. The summed E-state index contributed by atoms with van der Waals surface area (Å²) in [7, 11) is 0. The Morgan fingerprint density at radius 3 is 2.33 bits per heavy atom. The fourth-order valence-electron chi connectivity index (χ4n) is 0.184. The van der Waals surface area contributed by atoms with Crippen molar-refractivity contribution in [3.8, 4) is 0 Å². The molecule has 0 bridgehead atoms. The van der Waals surface area contributed by atoms with Crippen molar-refractivity contribution in [1.82, 2.24) is 4.72 Å². The lowest BCUT2D eigenvalue weighted by molar-refractivity contribution is -0.131. The molecule has 0 unspecified atom stereocenters. The number of carbonyl (C=O) groups excluding carboxylic acids is 1. The molecular formula is C4H5NO3S. The van der Waals surface area contributed by atoms with Crippen molar-refractivity contribution in [2.24, 2.45) is 0 Å². The van der Waals surface area contributed by atoms with E-state index in [0.717, 1.165) is 12.2 Å². The highest BCUT2D eigenvalue weighted by Gasteiger charge is 1.90. The Morgan fingerprint density at radius 1 is 1.44 bits per heavy atom. The molecule has 0 atom stereocenters. The fraction of sp³-hybridized carbons (Fsp3) is 0. The summed E-state index contributed by atoms with van der Waals surface area (Å²) in [6, 6.07) is 0. The number of carboxylic acid groups (broad SMARTS) is 1. The van der Waals surface area contributed by atoms with Gasteiger partial charge in [-0.25, -0.2) is 4.79 Å². The average molecular weight is 147 g/mol. The van der Waals surface area contributed by atoms with Crippen molar-refractivity contribution in [3.63, 3.8) is 0 Å². The SMILES string of the molecule is O=C(O)/C=C\C(=O)NS. The molecule has 0 aromatic rings. The molecule has 0 fully saturated rings. The zero-order valence-corrected chi connectivity index (χ0v) is 5.26. The minimum absolute atomic E-state index is 0.555. The van der Waals surface area contributed by atoms with Crippen molar-refractivity contribution >= 4 is 24.7 Å². The van der Waals surface area contributed by atoms with E-state index in [2.05, 4.69) is 12.8 Å². The van der Waals surface area contributed by atoms with Crippen LogP contribution < -0.4 is 4.72 Å². The van der Waals surface area contributed by atoms with E-state index in [1.807, 2.05) is 4.72 Å². The van der Waals surface area contributed by atoms with Crippen LogP contribution in [0.1, 0.15) is 0 Å². The number of hydrogen-bond donors (Lipinski definition) is 3. The van der Waals surface area contributed by atoms with E-state index < -0.39 is 11.9 Å². The van der Waals surface area contributed by atoms with Crippen LogP contribution in [-0.2, 0) is 9.59 Å². The normalized spacial score (nSPS) is 9.44. The maximum Gasteiger partial charge on any atom is 0.328 e. The van der Waals surface area contributed by atoms with Gasteiger partial charge in [0.1, 0.15) is 0 Å². The number of rotatable bonds is 2. The summed E-state index contributed by atoms with van der Waals surface area (Å²) >= 11 is 3.37. The minimum atomic E-state index is -1.16. The molecule has 5 heteroatoms. The lowest BCUT2D eigenvalue weighted by Crippen LogP contribution is -2.08. The van der Waals surface area contributed by atoms with Crippen LogP contribution in [0.4, 0.5) is 0 Å². The molecule has 9 heavy (non-hydrogen) atoms. The Bertz CT molecular complexity index is 154. The van der Waals surface area contributed by atoms with Gasteiger partial charge >= 0.3 is 5.97 Å². The second-order valence-electron chi connectivity index (χ2n) is 1.15. The highest BCUT2D eigenvalue weighted by atomic mass is 32.1. The number of aliphatic carboxylic acids is 1. The number of nitrogens with one attached hydrogen (secondary N) is 1. The second kappa shape index (κ2) is 3.96. The Kier molecular flexibility index (Phi) is 3.54. The van der Waals surface area contributed by atoms with Gasteiger partial charge in [-0.15, -0.1) is 0 Å². The lowest BCUT2D eigenvalue weighted by Gasteiger charge is -1.84. The molecule has 0 aliphatic rings. The molecular weight excluding hydrogens is 142 g/mol. The van der Waals surface area contributed by atoms with Gasteiger partial charge in [0, 0.05) is 12.2 Å². The molecule has 0 saturated heterocycles. The third-order valence-corrected chi connectivity index (χ3v) is 0.708. The van der Waals surface area contributed by atoms with Gasteiger partial charge in [-0.05, 0) is 0 Å². The molecule has 50 valence electrons. The molecule has 4 nitrogen and oxygen atoms in total. The first kappa shape index (κ1) is 8.03. The van der Waals surface area contributed by atoms with Gasteiger partial charge < -0.3 is 5.11 Å². The van der Waals surface area contributed by atoms with E-state index in [-0.39, 0.29) is 0 Å². The largest absolute Gasteiger partial charge is 0.478 e. The molecule has 0 aromatic heterocycles. The Labute approximate surface area is 57.1 Å². The topological polar surface area (TPSA) is 66.4 Å². The van der Waals surface area contributed by atoms with Crippen LogP contribution in [0.5, 0.6) is 0 Å². The van der Waals surface area contributed by atoms with E-state index in [1.165, 1.54) is 0 Å². The summed E-state index contributed by atoms with van der Waals surface area (Å²) in [6.07, 6.45) is 1.60. The third-order valence-electron chi connectivity index (χ3n) is 0.487. The van der Waals surface area contributed by atoms with E-state index >= 15 is 0 Å². The van der Waals surface area contributed by atoms with Crippen molar-refractivity contribution in [3.05, 3.63) is 12.2 Å². The number of thiol groups is 1. The summed E-state index contributed by atoms with van der Waals surface area (Å²) in [4.78, 5) is 19.9. The van der Waals surface area contributed by atoms with Crippen molar-refractivity contribution in [2.75, 3.05) is 0 Å². The quantitative estimate of drug-likeness (QED) is 0.367. The summed E-state index contributed by atoms with van der Waals surface area (Å²) in [5.41, 5.74) is 0. The van der Waals surface area contributed by atoms with Crippen LogP contribution >= 0.6 is 12.8 Å². The first-order chi connectivity index (χ1) is 4.16. The fourth-order valence-corrected chi connectivity index (χ4v) is 0.259. The summed E-state index contributed by atoms with van der Waals surface area (Å²) in [5.74, 6) is -1.72. The van der Waals surface area contributed by atoms with Crippen molar-refractivity contribution in [2.45, 2.75) is 0 Å². The molecule has 0 aliphatic heterocycles. The van der Waals surface area contributed by atoms with Gasteiger partial charge in [0.15, 0.2) is 0 Å². The van der Waals surface area contributed by atoms with Crippen LogP contribution in [0.15, 0.2) is 12.2 Å². The molecule has 0 aliphatic carbocycles. The summed E-state index contributed by atoms with van der Waals surface area (Å²) < 4.78 is 1.93. The van der Waals surface area contributed by atoms with Gasteiger partial charge in [0.2, 0.25) is 0 Å². The molecule has 2 N–H and O–H groups in total. The highest BCUT2D eigenvalue weighted by Crippen LogP contribution is 1.73. The van der Waals surface area contributed by atoms with Gasteiger partial charge in [-0.2, -0.15) is 0 Å². The van der Waals surface area contributed by atoms with Gasteiger partial charge in [-0.1, -0.05) is 12.8 Å². The smallest absolute Gasteiger partial charge is 0.328 e. The average Bonchev–Trinajstić information content (AvgIpc) is 1.83. The zero-order chi connectivity index (χ0) is 7.28. The number of carbonyl (C=O) groups is 2. The van der Waals surface area contributed by atoms with Crippen LogP contribution in [0.2, 0.25) is 0 Å². The third kappa shape index (κ3) is 4.89. The van der Waals surface area contributed by atoms with Crippen molar-refractivity contribution < 1.29 is 14.7 Å². The second-order valence-corrected chi connectivity index (χ2v) is 1.37. The standard InChI is InChI=1S/C4H5NO3S/c6-3(5-9)1-2-4(7)8/h1-2,9H,(H,5,6)(H,7,8)/b2-1-. The first-order valence-corrected chi connectivity index (χ1v) is 2.46. The van der Waals surface area contributed by atoms with Gasteiger partial charge in [0.25, 0.3) is 5.91 Å². The van der Waals surface area contributed by atoms with E-state index in [4.69, 9.17) is 5.11 Å². The van der Waals surface area contributed by atoms with Gasteiger partial charge in [0.05, 0.1) is 0 Å². The predicted molar refractivity (Wildman–Crippen MR) is 33.9 cm³/mol. The Morgan fingerprint density at radius 2 is 2.00 bits per heavy atom. The maximum absolute atomic E-state index is 10.2. The molecule has 0 saturated carbocycles. The molecule has 0 radical (unpaired) electrons. The van der Waals surface area contributed by atoms with E-state index in [9.17, 15) is 9.59 Å². The van der Waals surface area contributed by atoms with E-state index in [1.54, 1.807) is 0 Å². The molecule has 1 amide bonds. The predicted octanol–water partition coefficient (Wildman–Crippen LogP) is -0.412. The van der Waals surface area contributed by atoms with Crippen molar-refractivity contribution in [1.29, 1.82) is 0 Å². The number of amides is 1. The molecule has 0 aromatic carbocycles. The number of hydrogen-bond acceptors (Lipinski definition) is 3. The Hall–Kier alpha value is -0.970. The molecule has 0 heterocycles. The van der Waals surface area contributed by atoms with Crippen LogP contribution in [0.3, 0.4) is 0 Å². The zero-order valence-electron chi connectivity index (χ0n) is 4.37. The van der Waals surface area contributed by atoms with Gasteiger partial charge in [-0.3, -0.25) is 9.52 Å². The number of carboxylic acids is 1. The van der Waals surface area contributed by atoms with Crippen LogP contribution in [-0.4, -0.2) is 17.0 Å². The highest BCUT2D eigenvalue weighted by molar-refractivity contribution is 7.78. The van der Waals surface area contributed by atoms with Crippen LogP contribution in [0.25, 0.3) is 0 Å². The lowest BCUT2D eigenvalue weighted by atomic mass is 10.5. The molecule has 0 spiro atoms. The maximum atomic E-state index is 10.2. The first-order valence-electron chi connectivity index (χ1n) is 2.02. The molecule has 0 rings (SSSR count). The van der Waals surface area contributed by atoms with E-state index in [0.29, 0.717) is 0 Å². The monoisotopic (exact) mass is 147 g/mol. The minimum Gasteiger partial charge on any atom is -0.478 e. The Balaban J connectivity index is 3.71.